The second kappa shape index (κ2) is 8.21. The topological polar surface area (TPSA) is 52.6 Å². The Balaban J connectivity index is 4.96. The average molecular weight is 246 g/mol. The Morgan fingerprint density at radius 2 is 1.44 bits per heavy atom. The van der Waals surface area contributed by atoms with Gasteiger partial charge in [0.2, 0.25) is 0 Å². The van der Waals surface area contributed by atoms with Gasteiger partial charge in [0.15, 0.2) is 5.57 Å². The molecule has 0 aromatic carbocycles. The molecule has 0 aliphatic carbocycles. The second-order valence-corrected chi connectivity index (χ2v) is 3.55. The second-order valence-electron chi connectivity index (χ2n) is 3.01. The average Bonchev–Trinajstić information content (AvgIpc) is 2.19. The molecule has 0 rings (SSSR count). The summed E-state index contributed by atoms with van der Waals surface area (Å²) in [5.41, 5.74) is -0.0890. The number of carbonyl (C=O) groups is 2. The van der Waals surface area contributed by atoms with Gasteiger partial charge >= 0.3 is 11.9 Å². The number of esters is 2. The minimum atomic E-state index is -0.667. The lowest BCUT2D eigenvalue weighted by atomic mass is 10.2. The third-order valence-electron chi connectivity index (χ3n) is 1.73. The molecule has 0 fully saturated rings. The van der Waals surface area contributed by atoms with Crippen molar-refractivity contribution in [3.8, 4) is 0 Å². The Labute approximate surface area is 101 Å². The van der Waals surface area contributed by atoms with E-state index in [1.165, 1.54) is 0 Å². The summed E-state index contributed by atoms with van der Waals surface area (Å²) < 4.78 is 9.58. The van der Waals surface area contributed by atoms with Crippen LogP contribution in [0, 0.1) is 0 Å². The summed E-state index contributed by atoms with van der Waals surface area (Å²) in [6, 6.07) is 0. The highest BCUT2D eigenvalue weighted by atomic mass is 32.1. The third-order valence-corrected chi connectivity index (χ3v) is 2.18. The van der Waals surface area contributed by atoms with Crippen LogP contribution < -0.4 is 0 Å². The molecule has 0 saturated carbocycles. The van der Waals surface area contributed by atoms with E-state index < -0.39 is 11.9 Å². The van der Waals surface area contributed by atoms with Gasteiger partial charge < -0.3 is 9.47 Å². The van der Waals surface area contributed by atoms with E-state index in [-0.39, 0.29) is 18.8 Å². The van der Waals surface area contributed by atoms with Crippen LogP contribution in [0.15, 0.2) is 10.5 Å². The fourth-order valence-electron chi connectivity index (χ4n) is 1.09. The molecule has 0 radical (unpaired) electrons. The van der Waals surface area contributed by atoms with Crippen molar-refractivity contribution < 1.29 is 19.1 Å². The summed E-state index contributed by atoms with van der Waals surface area (Å²) in [5, 5.41) is 0. The first kappa shape index (κ1) is 15.0. The minimum Gasteiger partial charge on any atom is -0.462 e. The molecular formula is C11H18O4S. The van der Waals surface area contributed by atoms with Crippen molar-refractivity contribution in [3.63, 3.8) is 0 Å². The van der Waals surface area contributed by atoms with Gasteiger partial charge in [-0.3, -0.25) is 0 Å². The van der Waals surface area contributed by atoms with Gasteiger partial charge in [-0.1, -0.05) is 13.3 Å². The highest BCUT2D eigenvalue weighted by Gasteiger charge is 2.23. The molecule has 0 aromatic rings. The summed E-state index contributed by atoms with van der Waals surface area (Å²) in [6.07, 6.45) is 1.34. The largest absolute Gasteiger partial charge is 0.462 e. The third kappa shape index (κ3) is 4.70. The molecule has 0 N–H and O–H groups in total. The van der Waals surface area contributed by atoms with Crippen molar-refractivity contribution in [1.29, 1.82) is 0 Å². The van der Waals surface area contributed by atoms with Crippen LogP contribution in [0.5, 0.6) is 0 Å². The van der Waals surface area contributed by atoms with Crippen LogP contribution in [0.4, 0.5) is 0 Å². The molecule has 16 heavy (non-hydrogen) atoms. The lowest BCUT2D eigenvalue weighted by Crippen LogP contribution is -2.19. The van der Waals surface area contributed by atoms with E-state index in [1.54, 1.807) is 13.8 Å². The number of hydrogen-bond acceptors (Lipinski definition) is 5. The fraction of sp³-hybridized carbons (Fsp3) is 0.636. The molecule has 4 nitrogen and oxygen atoms in total. The summed E-state index contributed by atoms with van der Waals surface area (Å²) in [7, 11) is 0. The van der Waals surface area contributed by atoms with Crippen molar-refractivity contribution >= 4 is 24.6 Å². The lowest BCUT2D eigenvalue weighted by molar-refractivity contribution is -0.146. The Bertz CT molecular complexity index is 264. The Morgan fingerprint density at radius 1 is 1.00 bits per heavy atom. The minimum absolute atomic E-state index is 0.0890. The SMILES string of the molecule is CCCC(S)=C(C(=O)OCC)C(=O)OCC. The summed E-state index contributed by atoms with van der Waals surface area (Å²) >= 11 is 4.15. The quantitative estimate of drug-likeness (QED) is 0.256. The molecule has 0 bridgehead atoms. The predicted molar refractivity (Wildman–Crippen MR) is 64.2 cm³/mol. The number of allylic oxidation sites excluding steroid dienone is 1. The maximum absolute atomic E-state index is 11.5. The van der Waals surface area contributed by atoms with E-state index in [1.807, 2.05) is 6.92 Å². The molecule has 0 aromatic heterocycles. The van der Waals surface area contributed by atoms with E-state index in [0.717, 1.165) is 6.42 Å². The molecule has 0 heterocycles. The van der Waals surface area contributed by atoms with Crippen molar-refractivity contribution in [2.24, 2.45) is 0 Å². The van der Waals surface area contributed by atoms with Gasteiger partial charge in [0.25, 0.3) is 0 Å². The van der Waals surface area contributed by atoms with Gasteiger partial charge in [-0.15, -0.1) is 12.6 Å². The normalized spacial score (nSPS) is 9.50. The summed E-state index contributed by atoms with van der Waals surface area (Å²) in [6.45, 7) is 5.73. The monoisotopic (exact) mass is 246 g/mol. The van der Waals surface area contributed by atoms with Crippen LogP contribution in [0.3, 0.4) is 0 Å². The van der Waals surface area contributed by atoms with Gasteiger partial charge in [-0.2, -0.15) is 0 Å². The summed E-state index contributed by atoms with van der Waals surface area (Å²) in [4.78, 5) is 23.5. The zero-order valence-corrected chi connectivity index (χ0v) is 10.8. The van der Waals surface area contributed by atoms with Crippen LogP contribution in [0.2, 0.25) is 0 Å². The standard InChI is InChI=1S/C11H18O4S/c1-4-7-8(16)9(10(12)14-5-2)11(13)15-6-3/h16H,4-7H2,1-3H3. The highest BCUT2D eigenvalue weighted by molar-refractivity contribution is 7.84. The highest BCUT2D eigenvalue weighted by Crippen LogP contribution is 2.18. The van der Waals surface area contributed by atoms with Gasteiger partial charge in [0, 0.05) is 4.91 Å². The fourth-order valence-corrected chi connectivity index (χ4v) is 1.49. The lowest BCUT2D eigenvalue weighted by Gasteiger charge is -2.09. The van der Waals surface area contributed by atoms with Gasteiger partial charge in [0.1, 0.15) is 0 Å². The van der Waals surface area contributed by atoms with E-state index in [0.29, 0.717) is 11.3 Å². The van der Waals surface area contributed by atoms with Gasteiger partial charge in [-0.05, 0) is 20.3 Å². The molecule has 0 amide bonds. The number of rotatable bonds is 6. The molecule has 0 spiro atoms. The van der Waals surface area contributed by atoms with Gasteiger partial charge in [0.05, 0.1) is 13.2 Å². The van der Waals surface area contributed by atoms with Crippen molar-refractivity contribution in [1.82, 2.24) is 0 Å². The number of carbonyl (C=O) groups excluding carboxylic acids is 2. The van der Waals surface area contributed by atoms with E-state index in [4.69, 9.17) is 9.47 Å². The Hall–Kier alpha value is -0.970. The summed E-state index contributed by atoms with van der Waals surface area (Å²) in [5.74, 6) is -1.33. The van der Waals surface area contributed by atoms with Crippen molar-refractivity contribution in [2.45, 2.75) is 33.6 Å². The van der Waals surface area contributed by atoms with Crippen LogP contribution in [0.25, 0.3) is 0 Å². The van der Waals surface area contributed by atoms with Crippen LogP contribution in [0.1, 0.15) is 33.6 Å². The van der Waals surface area contributed by atoms with Crippen LogP contribution >= 0.6 is 12.6 Å². The Kier molecular flexibility index (Phi) is 7.72. The number of ether oxygens (including phenoxy) is 2. The van der Waals surface area contributed by atoms with E-state index >= 15 is 0 Å². The first-order chi connectivity index (χ1) is 7.58. The molecular weight excluding hydrogens is 228 g/mol. The first-order valence-electron chi connectivity index (χ1n) is 5.34. The molecule has 0 saturated heterocycles. The van der Waals surface area contributed by atoms with Crippen molar-refractivity contribution in [2.75, 3.05) is 13.2 Å². The van der Waals surface area contributed by atoms with E-state index in [9.17, 15) is 9.59 Å². The molecule has 92 valence electrons. The maximum Gasteiger partial charge on any atom is 0.346 e. The molecule has 0 unspecified atom stereocenters. The Morgan fingerprint density at radius 3 is 1.75 bits per heavy atom. The van der Waals surface area contributed by atoms with Gasteiger partial charge in [-0.25, -0.2) is 9.59 Å². The number of hydrogen-bond donors (Lipinski definition) is 1. The molecule has 0 atom stereocenters. The number of thiol groups is 1. The molecule has 0 aliphatic rings. The first-order valence-corrected chi connectivity index (χ1v) is 5.79. The predicted octanol–water partition coefficient (Wildman–Crippen LogP) is 2.10. The van der Waals surface area contributed by atoms with Crippen molar-refractivity contribution in [3.05, 3.63) is 10.5 Å². The zero-order chi connectivity index (χ0) is 12.6. The zero-order valence-electron chi connectivity index (χ0n) is 9.91. The van der Waals surface area contributed by atoms with Crippen LogP contribution in [-0.4, -0.2) is 25.2 Å². The maximum atomic E-state index is 11.5. The molecule has 0 aliphatic heterocycles. The van der Waals surface area contributed by atoms with E-state index in [2.05, 4.69) is 12.6 Å². The van der Waals surface area contributed by atoms with Crippen LogP contribution in [-0.2, 0) is 19.1 Å². The molecule has 5 heteroatoms. The smallest absolute Gasteiger partial charge is 0.346 e.